The first kappa shape index (κ1) is 26.9. The van der Waals surface area contributed by atoms with Crippen LogP contribution in [0.15, 0.2) is 46.6 Å². The summed E-state index contributed by atoms with van der Waals surface area (Å²) in [7, 11) is 0. The van der Waals surface area contributed by atoms with Crippen LogP contribution in [-0.2, 0) is 9.59 Å². The van der Waals surface area contributed by atoms with Crippen LogP contribution in [0.25, 0.3) is 0 Å². The van der Waals surface area contributed by atoms with Crippen molar-refractivity contribution in [2.45, 2.75) is 40.7 Å². The van der Waals surface area contributed by atoms with Crippen molar-refractivity contribution in [3.8, 4) is 23.0 Å². The van der Waals surface area contributed by atoms with E-state index in [-0.39, 0.29) is 5.69 Å². The van der Waals surface area contributed by atoms with Crippen LogP contribution in [0.1, 0.15) is 34.6 Å². The summed E-state index contributed by atoms with van der Waals surface area (Å²) in [5.41, 5.74) is 0.505. The maximum atomic E-state index is 13.3. The third-order valence-electron chi connectivity index (χ3n) is 4.40. The molecule has 0 heterocycles. The maximum absolute atomic E-state index is 13.3. The van der Waals surface area contributed by atoms with E-state index in [1.807, 2.05) is 13.8 Å². The Hall–Kier alpha value is -3.33. The highest BCUT2D eigenvalue weighted by Gasteiger charge is 2.32. The highest BCUT2D eigenvalue weighted by molar-refractivity contribution is 6.39. The van der Waals surface area contributed by atoms with Crippen LogP contribution in [0.5, 0.6) is 23.0 Å². The lowest BCUT2D eigenvalue weighted by molar-refractivity contribution is -0.126. The Morgan fingerprint density at radius 2 is 1.35 bits per heavy atom. The number of nitrogens with zero attached hydrogens (tertiary/aromatic N) is 3. The summed E-state index contributed by atoms with van der Waals surface area (Å²) in [5, 5.41) is 8.15. The molecule has 10 heteroatoms. The third kappa shape index (κ3) is 6.60. The predicted molar refractivity (Wildman–Crippen MR) is 130 cm³/mol. The van der Waals surface area contributed by atoms with Gasteiger partial charge in [0.15, 0.2) is 17.3 Å². The molecule has 0 saturated carbocycles. The normalized spacial score (nSPS) is 11.7. The predicted octanol–water partition coefficient (Wildman–Crippen LogP) is 5.51. The Kier molecular flexibility index (Phi) is 10.6. The summed E-state index contributed by atoms with van der Waals surface area (Å²) in [6.07, 6.45) is 0. The molecule has 0 radical (unpaired) electrons. The third-order valence-corrected chi connectivity index (χ3v) is 4.73. The van der Waals surface area contributed by atoms with Gasteiger partial charge >= 0.3 is 0 Å². The number of hydrogen-bond donors (Lipinski definition) is 0. The zero-order chi connectivity index (χ0) is 25.1. The molecule has 0 spiro atoms. The Bertz CT molecular complexity index is 990. The van der Waals surface area contributed by atoms with Gasteiger partial charge in [-0.05, 0) is 58.9 Å². The van der Waals surface area contributed by atoms with E-state index in [2.05, 4.69) is 10.2 Å². The van der Waals surface area contributed by atoms with Gasteiger partial charge in [-0.1, -0.05) is 12.1 Å². The number of hydrogen-bond acceptors (Lipinski definition) is 8. The summed E-state index contributed by atoms with van der Waals surface area (Å²) in [5.74, 6) is 0.180. The molecule has 1 atom stereocenters. The van der Waals surface area contributed by atoms with Crippen LogP contribution in [0.2, 0.25) is 0 Å². The lowest BCUT2D eigenvalue weighted by Crippen LogP contribution is -2.36. The van der Waals surface area contributed by atoms with E-state index in [4.69, 9.17) is 30.7 Å². The molecule has 34 heavy (non-hydrogen) atoms. The fraction of sp³-hybridized carbons (Fsp3) is 0.417. The number of carbonyl (C=O) groups excluding carboxylic acids is 2. The monoisotopic (exact) mass is 491 g/mol. The number of anilines is 1. The Balaban J connectivity index is 2.44. The molecule has 0 bridgehead atoms. The van der Waals surface area contributed by atoms with Crippen molar-refractivity contribution in [3.05, 3.63) is 36.4 Å². The van der Waals surface area contributed by atoms with Crippen molar-refractivity contribution in [3.63, 3.8) is 0 Å². The number of carbonyl (C=O) groups is 2. The maximum Gasteiger partial charge on any atom is 0.276 e. The molecular weight excluding hydrogens is 462 g/mol. The minimum Gasteiger partial charge on any atom is -0.491 e. The fourth-order valence-corrected chi connectivity index (χ4v) is 3.28. The van der Waals surface area contributed by atoms with E-state index in [0.717, 1.165) is 4.42 Å². The number of Topliss-reactive ketones (excluding diaryl/α,β-unsaturated/α-hetero) is 1. The second-order valence-corrected chi connectivity index (χ2v) is 7.13. The van der Waals surface area contributed by atoms with Crippen LogP contribution < -0.4 is 23.4 Å². The van der Waals surface area contributed by atoms with E-state index < -0.39 is 17.7 Å². The highest BCUT2D eigenvalue weighted by Crippen LogP contribution is 2.40. The van der Waals surface area contributed by atoms with E-state index in [1.165, 1.54) is 6.92 Å². The molecule has 184 valence electrons. The molecule has 1 amide bonds. The summed E-state index contributed by atoms with van der Waals surface area (Å²) < 4.78 is 23.3. The topological polar surface area (TPSA) is 99.0 Å². The molecule has 9 nitrogen and oxygen atoms in total. The molecule has 0 aliphatic rings. The number of halogens is 1. The number of rotatable bonds is 13. The summed E-state index contributed by atoms with van der Waals surface area (Å²) >= 11 is 6.43. The van der Waals surface area contributed by atoms with Gasteiger partial charge in [0.25, 0.3) is 5.91 Å². The number of ether oxygens (including phenoxy) is 4. The highest BCUT2D eigenvalue weighted by atomic mass is 35.5. The average molecular weight is 492 g/mol. The fourth-order valence-electron chi connectivity index (χ4n) is 3.02. The second kappa shape index (κ2) is 13.4. The number of azo groups is 1. The van der Waals surface area contributed by atoms with Gasteiger partial charge in [-0.3, -0.25) is 9.59 Å². The molecule has 0 aliphatic carbocycles. The Morgan fingerprint density at radius 1 is 0.853 bits per heavy atom. The molecule has 0 aliphatic heterocycles. The van der Waals surface area contributed by atoms with Crippen LogP contribution in [0, 0.1) is 0 Å². The van der Waals surface area contributed by atoms with Crippen molar-refractivity contribution in [2.24, 2.45) is 10.2 Å². The number of amides is 1. The molecule has 2 aromatic rings. The van der Waals surface area contributed by atoms with Gasteiger partial charge in [0.1, 0.15) is 22.9 Å². The molecule has 1 unspecified atom stereocenters. The summed E-state index contributed by atoms with van der Waals surface area (Å²) in [6, 6.07) is 8.64. The van der Waals surface area contributed by atoms with Gasteiger partial charge in [0.2, 0.25) is 6.04 Å². The van der Waals surface area contributed by atoms with E-state index in [0.29, 0.717) is 55.1 Å². The quantitative estimate of drug-likeness (QED) is 0.208. The molecule has 0 fully saturated rings. The van der Waals surface area contributed by atoms with E-state index in [9.17, 15) is 9.59 Å². The van der Waals surface area contributed by atoms with Crippen LogP contribution >= 0.6 is 11.8 Å². The van der Waals surface area contributed by atoms with Crippen molar-refractivity contribution >= 4 is 34.8 Å². The zero-order valence-electron chi connectivity index (χ0n) is 20.0. The lowest BCUT2D eigenvalue weighted by atomic mass is 10.2. The lowest BCUT2D eigenvalue weighted by Gasteiger charge is -2.22. The van der Waals surface area contributed by atoms with Gasteiger partial charge in [-0.2, -0.15) is 10.2 Å². The van der Waals surface area contributed by atoms with Crippen LogP contribution in [0.3, 0.4) is 0 Å². The second-order valence-electron chi connectivity index (χ2n) is 6.79. The largest absolute Gasteiger partial charge is 0.491 e. The zero-order valence-corrected chi connectivity index (χ0v) is 20.8. The minimum absolute atomic E-state index is 0.188. The SMILES string of the molecule is CCOc1cccc(N=NC(C(C)=O)C(=O)N(Cl)c2c(OCC)cccc2OCC)c1OCC. The number of ketones is 1. The van der Waals surface area contributed by atoms with Gasteiger partial charge in [-0.15, -0.1) is 0 Å². The molecule has 0 N–H and O–H groups in total. The van der Waals surface area contributed by atoms with E-state index >= 15 is 0 Å². The number of benzene rings is 2. The van der Waals surface area contributed by atoms with Crippen molar-refractivity contribution in [1.82, 2.24) is 0 Å². The smallest absolute Gasteiger partial charge is 0.276 e. The summed E-state index contributed by atoms with van der Waals surface area (Å²) in [4.78, 5) is 25.6. The van der Waals surface area contributed by atoms with Gasteiger partial charge in [-0.25, -0.2) is 4.42 Å². The molecule has 0 aromatic heterocycles. The van der Waals surface area contributed by atoms with Crippen molar-refractivity contribution in [2.75, 3.05) is 30.8 Å². The molecule has 2 aromatic carbocycles. The first-order chi connectivity index (χ1) is 16.4. The molecular formula is C24H30ClN3O6. The Labute approximate surface area is 204 Å². The average Bonchev–Trinajstić information content (AvgIpc) is 2.81. The minimum atomic E-state index is -1.49. The first-order valence-electron chi connectivity index (χ1n) is 11.1. The number of para-hydroxylation sites is 2. The van der Waals surface area contributed by atoms with Crippen LogP contribution in [-0.4, -0.2) is 44.2 Å². The van der Waals surface area contributed by atoms with Crippen molar-refractivity contribution < 1.29 is 28.5 Å². The molecule has 0 saturated heterocycles. The van der Waals surface area contributed by atoms with E-state index in [1.54, 1.807) is 50.2 Å². The molecule has 2 rings (SSSR count). The van der Waals surface area contributed by atoms with Gasteiger partial charge < -0.3 is 18.9 Å². The standard InChI is InChI=1S/C24H30ClN3O6/c1-6-31-18-13-11-14-19(32-7-2)22(18)28(25)24(30)21(16(5)29)27-26-17-12-10-15-20(33-8-3)23(17)34-9-4/h10-15,21H,6-9H2,1-5H3. The van der Waals surface area contributed by atoms with Gasteiger partial charge in [0.05, 0.1) is 26.4 Å². The van der Waals surface area contributed by atoms with Gasteiger partial charge in [0, 0.05) is 11.8 Å². The Morgan fingerprint density at radius 3 is 1.88 bits per heavy atom. The van der Waals surface area contributed by atoms with Crippen LogP contribution in [0.4, 0.5) is 11.4 Å². The summed E-state index contributed by atoms with van der Waals surface area (Å²) in [6.45, 7) is 9.99. The van der Waals surface area contributed by atoms with Crippen molar-refractivity contribution in [1.29, 1.82) is 0 Å². The first-order valence-corrected chi connectivity index (χ1v) is 11.4.